The molecule has 4 heterocycles. The summed E-state index contributed by atoms with van der Waals surface area (Å²) in [6.45, 7) is 2.74. The minimum atomic E-state index is -0.737. The second-order valence-corrected chi connectivity index (χ2v) is 8.46. The molecule has 2 bridgehead atoms. The molecule has 2 aromatic rings. The lowest BCUT2D eigenvalue weighted by atomic mass is 9.85. The molecule has 0 radical (unpaired) electrons. The van der Waals surface area contributed by atoms with E-state index in [1.54, 1.807) is 6.20 Å². The molecular weight excluding hydrogens is 314 g/mol. The van der Waals surface area contributed by atoms with E-state index in [1.807, 2.05) is 18.5 Å². The maximum absolute atomic E-state index is 12.8. The predicted molar refractivity (Wildman–Crippen MR) is 94.8 cm³/mol. The number of hydrogen-bond acceptors (Lipinski definition) is 3. The highest BCUT2D eigenvalue weighted by molar-refractivity contribution is 5.82. The average molecular weight is 339 g/mol. The number of rotatable bonds is 3. The van der Waals surface area contributed by atoms with E-state index in [9.17, 15) is 9.90 Å². The van der Waals surface area contributed by atoms with E-state index in [1.165, 1.54) is 0 Å². The molecular formula is C20H25N3O2. The Labute approximate surface area is 147 Å². The highest BCUT2D eigenvalue weighted by Crippen LogP contribution is 2.47. The Hall–Kier alpha value is -1.88. The molecule has 5 rings (SSSR count). The van der Waals surface area contributed by atoms with Crippen LogP contribution in [-0.2, 0) is 11.3 Å². The number of nitrogens with zero attached hydrogens (tertiary/aromatic N) is 3. The molecule has 2 aliphatic heterocycles. The van der Waals surface area contributed by atoms with Gasteiger partial charge < -0.3 is 14.6 Å². The van der Waals surface area contributed by atoms with Crippen molar-refractivity contribution in [1.82, 2.24) is 14.5 Å². The Kier molecular flexibility index (Phi) is 3.26. The number of amides is 1. The number of pyridine rings is 1. The van der Waals surface area contributed by atoms with Crippen molar-refractivity contribution >= 4 is 16.8 Å². The van der Waals surface area contributed by atoms with Gasteiger partial charge in [0.1, 0.15) is 0 Å². The molecule has 25 heavy (non-hydrogen) atoms. The number of piperidine rings is 1. The number of aromatic nitrogens is 2. The molecule has 5 nitrogen and oxygen atoms in total. The summed E-state index contributed by atoms with van der Waals surface area (Å²) in [5.74, 6) is 1.14. The number of carbonyl (C=O) groups excluding carboxylic acids is 1. The van der Waals surface area contributed by atoms with Crippen LogP contribution in [0.1, 0.15) is 39.0 Å². The zero-order valence-corrected chi connectivity index (χ0v) is 14.6. The third-order valence-electron chi connectivity index (χ3n) is 6.57. The van der Waals surface area contributed by atoms with Crippen molar-refractivity contribution in [2.75, 3.05) is 0 Å². The standard InChI is InChI=1S/C20H25N3O2/c1-13-8-17(13)19(24)23-15-2-3-16(23)10-20(25,9-15)12-22-7-5-14-4-6-21-11-18(14)22/h4-7,11,13,15-17,25H,2-3,8-10,12H2,1H3/t13-,15+,16+,17-/m1/s1. The van der Waals surface area contributed by atoms with Gasteiger partial charge in [0.25, 0.3) is 0 Å². The van der Waals surface area contributed by atoms with Gasteiger partial charge >= 0.3 is 0 Å². The van der Waals surface area contributed by atoms with Gasteiger partial charge in [0, 0.05) is 35.8 Å². The molecule has 3 fully saturated rings. The normalized spacial score (nSPS) is 36.8. The fraction of sp³-hybridized carbons (Fsp3) is 0.600. The first-order valence-electron chi connectivity index (χ1n) is 9.47. The summed E-state index contributed by atoms with van der Waals surface area (Å²) in [6.07, 6.45) is 10.2. The highest BCUT2D eigenvalue weighted by atomic mass is 16.3. The largest absolute Gasteiger partial charge is 0.388 e. The molecule has 0 unspecified atom stereocenters. The van der Waals surface area contributed by atoms with Gasteiger partial charge in [-0.15, -0.1) is 0 Å². The number of aliphatic hydroxyl groups is 1. The van der Waals surface area contributed by atoms with E-state index in [4.69, 9.17) is 0 Å². The van der Waals surface area contributed by atoms with Crippen LogP contribution in [0.15, 0.2) is 30.7 Å². The van der Waals surface area contributed by atoms with Gasteiger partial charge in [0.05, 0.1) is 23.9 Å². The van der Waals surface area contributed by atoms with Gasteiger partial charge in [-0.3, -0.25) is 9.78 Å². The maximum atomic E-state index is 12.8. The maximum Gasteiger partial charge on any atom is 0.226 e. The van der Waals surface area contributed by atoms with Crippen molar-refractivity contribution in [1.29, 1.82) is 0 Å². The average Bonchev–Trinajstić information content (AvgIpc) is 3.08. The first kappa shape index (κ1) is 15.4. The van der Waals surface area contributed by atoms with Crippen LogP contribution in [0.2, 0.25) is 0 Å². The number of carbonyl (C=O) groups is 1. The lowest BCUT2D eigenvalue weighted by Crippen LogP contribution is -2.55. The van der Waals surface area contributed by atoms with Gasteiger partial charge in [0.15, 0.2) is 0 Å². The molecule has 1 amide bonds. The molecule has 1 saturated carbocycles. The van der Waals surface area contributed by atoms with Crippen LogP contribution in [0, 0.1) is 11.8 Å². The Bertz CT molecular complexity index is 815. The second kappa shape index (κ2) is 5.31. The molecule has 1 aliphatic carbocycles. The van der Waals surface area contributed by atoms with Gasteiger partial charge in [-0.2, -0.15) is 0 Å². The summed E-state index contributed by atoms with van der Waals surface area (Å²) < 4.78 is 2.11. The lowest BCUT2D eigenvalue weighted by Gasteiger charge is -2.44. The molecule has 1 N–H and O–H groups in total. The highest BCUT2D eigenvalue weighted by Gasteiger charge is 2.53. The van der Waals surface area contributed by atoms with Crippen molar-refractivity contribution in [3.05, 3.63) is 30.7 Å². The smallest absolute Gasteiger partial charge is 0.226 e. The zero-order valence-electron chi connectivity index (χ0n) is 14.6. The second-order valence-electron chi connectivity index (χ2n) is 8.46. The van der Waals surface area contributed by atoms with Gasteiger partial charge in [0.2, 0.25) is 5.91 Å². The fourth-order valence-electron chi connectivity index (χ4n) is 5.15. The minimum absolute atomic E-state index is 0.212. The molecule has 0 spiro atoms. The van der Waals surface area contributed by atoms with E-state index in [-0.39, 0.29) is 18.0 Å². The molecule has 2 saturated heterocycles. The first-order chi connectivity index (χ1) is 12.0. The zero-order chi connectivity index (χ0) is 17.2. The van der Waals surface area contributed by atoms with Crippen molar-refractivity contribution in [2.24, 2.45) is 11.8 Å². The Morgan fingerprint density at radius 3 is 2.72 bits per heavy atom. The summed E-state index contributed by atoms with van der Waals surface area (Å²) in [5, 5.41) is 12.5. The van der Waals surface area contributed by atoms with Crippen LogP contribution >= 0.6 is 0 Å². The van der Waals surface area contributed by atoms with Crippen LogP contribution in [0.3, 0.4) is 0 Å². The van der Waals surface area contributed by atoms with E-state index in [0.717, 1.165) is 30.2 Å². The first-order valence-corrected chi connectivity index (χ1v) is 9.47. The SMILES string of the molecule is C[C@@H]1C[C@H]1C(=O)N1[C@H]2CC[C@H]1CC(O)(Cn1ccc3ccncc31)C2. The summed E-state index contributed by atoms with van der Waals surface area (Å²) >= 11 is 0. The van der Waals surface area contributed by atoms with Crippen molar-refractivity contribution < 1.29 is 9.90 Å². The van der Waals surface area contributed by atoms with Crippen molar-refractivity contribution in [2.45, 2.75) is 63.3 Å². The van der Waals surface area contributed by atoms with Gasteiger partial charge in [-0.25, -0.2) is 0 Å². The fourth-order valence-corrected chi connectivity index (χ4v) is 5.15. The molecule has 3 aliphatic rings. The van der Waals surface area contributed by atoms with Crippen LogP contribution in [0.5, 0.6) is 0 Å². The summed E-state index contributed by atoms with van der Waals surface area (Å²) in [5.41, 5.74) is 0.327. The van der Waals surface area contributed by atoms with E-state index < -0.39 is 5.60 Å². The number of fused-ring (bicyclic) bond motifs is 3. The summed E-state index contributed by atoms with van der Waals surface area (Å²) in [4.78, 5) is 19.1. The monoisotopic (exact) mass is 339 g/mol. The van der Waals surface area contributed by atoms with E-state index in [0.29, 0.717) is 31.2 Å². The Balaban J connectivity index is 1.37. The van der Waals surface area contributed by atoms with E-state index >= 15 is 0 Å². The molecule has 4 atom stereocenters. The predicted octanol–water partition coefficient (Wildman–Crippen LogP) is 2.58. The number of hydrogen-bond donors (Lipinski definition) is 1. The quantitative estimate of drug-likeness (QED) is 0.935. The third kappa shape index (κ3) is 2.48. The third-order valence-corrected chi connectivity index (χ3v) is 6.57. The lowest BCUT2D eigenvalue weighted by molar-refractivity contribution is -0.143. The Morgan fingerprint density at radius 1 is 1.32 bits per heavy atom. The van der Waals surface area contributed by atoms with Crippen LogP contribution < -0.4 is 0 Å². The molecule has 5 heteroatoms. The summed E-state index contributed by atoms with van der Waals surface area (Å²) in [6, 6.07) is 4.49. The van der Waals surface area contributed by atoms with Crippen LogP contribution in [0.25, 0.3) is 10.9 Å². The molecule has 2 aromatic heterocycles. The van der Waals surface area contributed by atoms with Crippen LogP contribution in [0.4, 0.5) is 0 Å². The molecule has 132 valence electrons. The van der Waals surface area contributed by atoms with Gasteiger partial charge in [-0.1, -0.05) is 6.92 Å². The molecule has 0 aromatic carbocycles. The van der Waals surface area contributed by atoms with E-state index in [2.05, 4.69) is 27.4 Å². The van der Waals surface area contributed by atoms with Crippen LogP contribution in [-0.4, -0.2) is 43.1 Å². The summed E-state index contributed by atoms with van der Waals surface area (Å²) in [7, 11) is 0. The van der Waals surface area contributed by atoms with Crippen molar-refractivity contribution in [3.8, 4) is 0 Å². The van der Waals surface area contributed by atoms with Crippen molar-refractivity contribution in [3.63, 3.8) is 0 Å². The Morgan fingerprint density at radius 2 is 2.04 bits per heavy atom. The van der Waals surface area contributed by atoms with Gasteiger partial charge in [-0.05, 0) is 50.2 Å². The minimum Gasteiger partial charge on any atom is -0.388 e. The topological polar surface area (TPSA) is 58.4 Å².